The Kier molecular flexibility index (Phi) is 6.73. The molecule has 5 nitrogen and oxygen atoms in total. The summed E-state index contributed by atoms with van der Waals surface area (Å²) in [5.41, 5.74) is 6.04. The molecule has 0 radical (unpaired) electrons. The number of aryl methyl sites for hydroxylation is 3. The van der Waals surface area contributed by atoms with E-state index in [1.54, 1.807) is 12.1 Å². The lowest BCUT2D eigenvalue weighted by Gasteiger charge is -2.20. The molecule has 1 N–H and O–H groups in total. The molecule has 0 aliphatic carbocycles. The largest absolute Gasteiger partial charge is 0.444 e. The van der Waals surface area contributed by atoms with Gasteiger partial charge in [0.2, 0.25) is 6.10 Å². The number of pyridine rings is 1. The predicted molar refractivity (Wildman–Crippen MR) is 135 cm³/mol. The van der Waals surface area contributed by atoms with E-state index < -0.39 is 18.0 Å². The number of hydrogen-bond donors (Lipinski definition) is 1. The number of nitrogens with one attached hydrogen (secondary N) is 1. The molecule has 0 unspecified atom stereocenters. The van der Waals surface area contributed by atoms with Crippen molar-refractivity contribution in [1.29, 1.82) is 0 Å². The van der Waals surface area contributed by atoms with Gasteiger partial charge in [0.25, 0.3) is 5.91 Å². The maximum Gasteiger partial charge on any atom is 0.340 e. The quantitative estimate of drug-likeness (QED) is 0.351. The Morgan fingerprint density at radius 2 is 1.65 bits per heavy atom. The zero-order valence-electron chi connectivity index (χ0n) is 19.9. The summed E-state index contributed by atoms with van der Waals surface area (Å²) in [4.78, 5) is 31.7. The van der Waals surface area contributed by atoms with Crippen molar-refractivity contribution < 1.29 is 14.3 Å². The third kappa shape index (κ3) is 4.69. The van der Waals surface area contributed by atoms with Crippen LogP contribution in [0.4, 0.5) is 5.69 Å². The van der Waals surface area contributed by atoms with Crippen molar-refractivity contribution in [2.45, 2.75) is 40.2 Å². The molecule has 0 bridgehead atoms. The van der Waals surface area contributed by atoms with Crippen LogP contribution in [-0.2, 0) is 16.0 Å². The highest BCUT2D eigenvalue weighted by molar-refractivity contribution is 6.06. The molecule has 4 rings (SSSR count). The first-order chi connectivity index (χ1) is 16.4. The van der Waals surface area contributed by atoms with E-state index in [1.165, 1.54) is 0 Å². The average Bonchev–Trinajstić information content (AvgIpc) is 2.84. The number of aromatic nitrogens is 1. The van der Waals surface area contributed by atoms with E-state index in [4.69, 9.17) is 9.72 Å². The second kappa shape index (κ2) is 9.87. The molecule has 0 aliphatic rings. The van der Waals surface area contributed by atoms with Gasteiger partial charge < -0.3 is 10.1 Å². The lowest BCUT2D eigenvalue weighted by atomic mass is 10.00. The number of carbonyl (C=O) groups is 2. The minimum Gasteiger partial charge on any atom is -0.444 e. The zero-order chi connectivity index (χ0) is 24.2. The van der Waals surface area contributed by atoms with E-state index in [0.29, 0.717) is 28.6 Å². The summed E-state index contributed by atoms with van der Waals surface area (Å²) in [5.74, 6) is -0.948. The number of rotatable bonds is 6. The van der Waals surface area contributed by atoms with Crippen LogP contribution in [0.5, 0.6) is 0 Å². The van der Waals surface area contributed by atoms with Crippen molar-refractivity contribution in [3.63, 3.8) is 0 Å². The lowest BCUT2D eigenvalue weighted by Crippen LogP contribution is -2.26. The van der Waals surface area contributed by atoms with Crippen LogP contribution in [0.25, 0.3) is 10.9 Å². The summed E-state index contributed by atoms with van der Waals surface area (Å²) in [6.07, 6.45) is -0.420. The summed E-state index contributed by atoms with van der Waals surface area (Å²) in [5, 5.41) is 3.66. The van der Waals surface area contributed by atoms with Crippen molar-refractivity contribution in [2.75, 3.05) is 5.32 Å². The number of anilines is 1. The van der Waals surface area contributed by atoms with Crippen molar-refractivity contribution in [3.8, 4) is 0 Å². The number of para-hydroxylation sites is 1. The van der Waals surface area contributed by atoms with Crippen molar-refractivity contribution in [1.82, 2.24) is 4.98 Å². The van der Waals surface area contributed by atoms with Gasteiger partial charge in [-0.15, -0.1) is 0 Å². The van der Waals surface area contributed by atoms with Crippen LogP contribution in [0, 0.1) is 20.8 Å². The molecule has 1 amide bonds. The number of amides is 1. The van der Waals surface area contributed by atoms with Gasteiger partial charge in [-0.2, -0.15) is 0 Å². The molecular weight excluding hydrogens is 424 g/mol. The normalized spacial score (nSPS) is 11.8. The molecule has 0 spiro atoms. The summed E-state index contributed by atoms with van der Waals surface area (Å²) in [6, 6.07) is 22.4. The van der Waals surface area contributed by atoms with Gasteiger partial charge in [0, 0.05) is 22.3 Å². The number of ether oxygens (including phenoxy) is 1. The topological polar surface area (TPSA) is 68.3 Å². The summed E-state index contributed by atoms with van der Waals surface area (Å²) in [7, 11) is 0. The van der Waals surface area contributed by atoms with E-state index in [1.807, 2.05) is 88.4 Å². The van der Waals surface area contributed by atoms with Gasteiger partial charge in [0.1, 0.15) is 0 Å². The standard InChI is InChI=1S/C29H28N2O3/c1-5-23-20(4)26(22-13-9-10-14-24(22)30-23)29(33)34-27(21-11-7-6-8-12-21)28(32)31-25-17-18(2)15-16-19(25)3/h6-17,27H,5H2,1-4H3,(H,31,32)/t27-/m0/s1. The summed E-state index contributed by atoms with van der Waals surface area (Å²) >= 11 is 0. The van der Waals surface area contributed by atoms with E-state index in [0.717, 1.165) is 27.9 Å². The maximum absolute atomic E-state index is 13.6. The van der Waals surface area contributed by atoms with Gasteiger partial charge in [0.05, 0.1) is 11.1 Å². The van der Waals surface area contributed by atoms with Crippen LogP contribution < -0.4 is 5.32 Å². The average molecular weight is 453 g/mol. The third-order valence-electron chi connectivity index (χ3n) is 5.99. The smallest absolute Gasteiger partial charge is 0.340 e. The molecule has 1 heterocycles. The first-order valence-corrected chi connectivity index (χ1v) is 11.4. The van der Waals surface area contributed by atoms with Crippen molar-refractivity contribution in [2.24, 2.45) is 0 Å². The van der Waals surface area contributed by atoms with E-state index >= 15 is 0 Å². The Bertz CT molecular complexity index is 1360. The van der Waals surface area contributed by atoms with Crippen molar-refractivity contribution in [3.05, 3.63) is 106 Å². The molecule has 34 heavy (non-hydrogen) atoms. The number of esters is 1. The second-order valence-electron chi connectivity index (χ2n) is 8.43. The fraction of sp³-hybridized carbons (Fsp3) is 0.207. The van der Waals surface area contributed by atoms with Gasteiger partial charge in [-0.1, -0.05) is 67.6 Å². The van der Waals surface area contributed by atoms with E-state index in [9.17, 15) is 9.59 Å². The monoisotopic (exact) mass is 452 g/mol. The third-order valence-corrected chi connectivity index (χ3v) is 5.99. The molecule has 0 aliphatic heterocycles. The van der Waals surface area contributed by atoms with Crippen LogP contribution in [-0.4, -0.2) is 16.9 Å². The van der Waals surface area contributed by atoms with Gasteiger partial charge >= 0.3 is 5.97 Å². The number of hydrogen-bond acceptors (Lipinski definition) is 4. The van der Waals surface area contributed by atoms with Gasteiger partial charge in [-0.3, -0.25) is 9.78 Å². The lowest BCUT2D eigenvalue weighted by molar-refractivity contribution is -0.125. The van der Waals surface area contributed by atoms with Gasteiger partial charge in [-0.05, 0) is 56.0 Å². The Morgan fingerprint density at radius 1 is 0.941 bits per heavy atom. The van der Waals surface area contributed by atoms with E-state index in [-0.39, 0.29) is 0 Å². The van der Waals surface area contributed by atoms with Crippen molar-refractivity contribution >= 4 is 28.5 Å². The minimum atomic E-state index is -1.11. The van der Waals surface area contributed by atoms with Crippen LogP contribution in [0.2, 0.25) is 0 Å². The number of benzene rings is 3. The maximum atomic E-state index is 13.6. The van der Waals surface area contributed by atoms with Crippen LogP contribution in [0.3, 0.4) is 0 Å². The first kappa shape index (κ1) is 23.2. The highest BCUT2D eigenvalue weighted by Crippen LogP contribution is 2.28. The Labute approximate surface area is 199 Å². The minimum absolute atomic E-state index is 0.403. The van der Waals surface area contributed by atoms with Crippen LogP contribution >= 0.6 is 0 Å². The predicted octanol–water partition coefficient (Wildman–Crippen LogP) is 6.26. The number of fused-ring (bicyclic) bond motifs is 1. The molecular formula is C29H28N2O3. The van der Waals surface area contributed by atoms with Crippen LogP contribution in [0.1, 0.15) is 51.3 Å². The van der Waals surface area contributed by atoms with Gasteiger partial charge in [-0.25, -0.2) is 4.79 Å². The molecule has 1 atom stereocenters. The highest BCUT2D eigenvalue weighted by Gasteiger charge is 2.28. The fourth-order valence-corrected chi connectivity index (χ4v) is 4.10. The second-order valence-corrected chi connectivity index (χ2v) is 8.43. The molecule has 0 saturated heterocycles. The number of nitrogens with zero attached hydrogens (tertiary/aromatic N) is 1. The molecule has 1 aromatic heterocycles. The zero-order valence-corrected chi connectivity index (χ0v) is 19.9. The van der Waals surface area contributed by atoms with E-state index in [2.05, 4.69) is 5.32 Å². The molecule has 0 fully saturated rings. The summed E-state index contributed by atoms with van der Waals surface area (Å²) < 4.78 is 5.94. The number of carbonyl (C=O) groups excluding carboxylic acids is 2. The Morgan fingerprint density at radius 3 is 2.38 bits per heavy atom. The molecule has 172 valence electrons. The molecule has 4 aromatic rings. The van der Waals surface area contributed by atoms with Gasteiger partial charge in [0.15, 0.2) is 0 Å². The molecule has 3 aromatic carbocycles. The summed E-state index contributed by atoms with van der Waals surface area (Å²) in [6.45, 7) is 7.77. The molecule has 5 heteroatoms. The SMILES string of the molecule is CCc1nc2ccccc2c(C(=O)O[C@H](C(=O)Nc2cc(C)ccc2C)c2ccccc2)c1C. The Hall–Kier alpha value is -3.99. The van der Waals surface area contributed by atoms with Crippen LogP contribution in [0.15, 0.2) is 72.8 Å². The first-order valence-electron chi connectivity index (χ1n) is 11.4. The molecule has 0 saturated carbocycles. The fourth-order valence-electron chi connectivity index (χ4n) is 4.10. The Balaban J connectivity index is 1.73. The highest BCUT2D eigenvalue weighted by atomic mass is 16.5.